The van der Waals surface area contributed by atoms with E-state index in [4.69, 9.17) is 16.3 Å². The van der Waals surface area contributed by atoms with Crippen molar-refractivity contribution in [2.45, 2.75) is 6.92 Å². The van der Waals surface area contributed by atoms with Crippen molar-refractivity contribution in [1.29, 1.82) is 0 Å². The number of nitrogens with zero attached hydrogens (tertiary/aromatic N) is 2. The van der Waals surface area contributed by atoms with Crippen LogP contribution in [0.1, 0.15) is 16.7 Å². The van der Waals surface area contributed by atoms with Crippen LogP contribution < -0.4 is 4.74 Å². The second-order valence-corrected chi connectivity index (χ2v) is 5.79. The van der Waals surface area contributed by atoms with Crippen molar-refractivity contribution in [2.24, 2.45) is 0 Å². The number of halogens is 1. The van der Waals surface area contributed by atoms with Crippen molar-refractivity contribution in [2.75, 3.05) is 0 Å². The fourth-order valence-corrected chi connectivity index (χ4v) is 2.44. The van der Waals surface area contributed by atoms with Crippen LogP contribution >= 0.6 is 11.6 Å². The summed E-state index contributed by atoms with van der Waals surface area (Å²) in [7, 11) is 0. The van der Waals surface area contributed by atoms with Crippen LogP contribution in [0.4, 0.5) is 0 Å². The number of ether oxygens (including phenoxy) is 1. The lowest BCUT2D eigenvalue weighted by molar-refractivity contribution is -0.104. The third kappa shape index (κ3) is 4.31. The van der Waals surface area contributed by atoms with E-state index in [-0.39, 0.29) is 0 Å². The molecule has 0 N–H and O–H groups in total. The van der Waals surface area contributed by atoms with Crippen LogP contribution in [0.15, 0.2) is 66.7 Å². The maximum atomic E-state index is 11.0. The van der Waals surface area contributed by atoms with Gasteiger partial charge in [-0.2, -0.15) is 0 Å². The van der Waals surface area contributed by atoms with Gasteiger partial charge in [0.1, 0.15) is 12.0 Å². The Labute approximate surface area is 150 Å². The number of carbonyl (C=O) groups is 1. The Kier molecular flexibility index (Phi) is 5.21. The summed E-state index contributed by atoms with van der Waals surface area (Å²) < 4.78 is 5.63. The first-order chi connectivity index (χ1) is 12.2. The van der Waals surface area contributed by atoms with Crippen molar-refractivity contribution < 1.29 is 9.53 Å². The summed E-state index contributed by atoms with van der Waals surface area (Å²) in [5.74, 6) is 0.981. The molecule has 1 heterocycles. The first-order valence-electron chi connectivity index (χ1n) is 7.66. The summed E-state index contributed by atoms with van der Waals surface area (Å²) in [6.07, 6.45) is 2.36. The monoisotopic (exact) mass is 350 g/mol. The number of rotatable bonds is 5. The predicted molar refractivity (Wildman–Crippen MR) is 97.9 cm³/mol. The summed E-state index contributed by atoms with van der Waals surface area (Å²) in [6, 6.07) is 18.7. The molecule has 2 aromatic carbocycles. The Bertz CT molecular complexity index is 886. The molecule has 3 rings (SSSR count). The molecule has 124 valence electrons. The molecular formula is C20H15ClN2O2. The van der Waals surface area contributed by atoms with Crippen LogP contribution in [-0.4, -0.2) is 16.5 Å². The molecular weight excluding hydrogens is 336 g/mol. The van der Waals surface area contributed by atoms with Gasteiger partial charge >= 0.3 is 0 Å². The molecule has 3 aromatic rings. The van der Waals surface area contributed by atoms with Crippen LogP contribution in [0.25, 0.3) is 5.57 Å². The van der Waals surface area contributed by atoms with E-state index in [2.05, 4.69) is 10.2 Å². The van der Waals surface area contributed by atoms with E-state index in [1.807, 2.05) is 55.5 Å². The lowest BCUT2D eigenvalue weighted by atomic mass is 9.97. The van der Waals surface area contributed by atoms with E-state index in [9.17, 15) is 4.79 Å². The van der Waals surface area contributed by atoms with Gasteiger partial charge in [-0.3, -0.25) is 4.79 Å². The number of allylic oxidation sites excluding steroid dienone is 1. The quantitative estimate of drug-likeness (QED) is 0.487. The molecule has 1 aromatic heterocycles. The third-order valence-corrected chi connectivity index (χ3v) is 3.79. The zero-order valence-electron chi connectivity index (χ0n) is 13.5. The van der Waals surface area contributed by atoms with Crippen molar-refractivity contribution >= 4 is 23.5 Å². The first-order valence-corrected chi connectivity index (χ1v) is 8.03. The van der Waals surface area contributed by atoms with Crippen molar-refractivity contribution in [3.63, 3.8) is 0 Å². The molecule has 0 unspecified atom stereocenters. The minimum absolute atomic E-state index is 0.310. The summed E-state index contributed by atoms with van der Waals surface area (Å²) in [6.45, 7) is 2.03. The van der Waals surface area contributed by atoms with E-state index in [0.717, 1.165) is 23.0 Å². The van der Waals surface area contributed by atoms with Gasteiger partial charge in [-0.15, -0.1) is 10.2 Å². The van der Waals surface area contributed by atoms with E-state index >= 15 is 0 Å². The van der Waals surface area contributed by atoms with Gasteiger partial charge in [0.15, 0.2) is 5.15 Å². The van der Waals surface area contributed by atoms with E-state index in [0.29, 0.717) is 16.8 Å². The summed E-state index contributed by atoms with van der Waals surface area (Å²) in [5, 5.41) is 7.90. The minimum Gasteiger partial charge on any atom is -0.438 e. The molecule has 0 fully saturated rings. The molecule has 5 heteroatoms. The van der Waals surface area contributed by atoms with Crippen LogP contribution in [-0.2, 0) is 4.79 Å². The van der Waals surface area contributed by atoms with E-state index < -0.39 is 0 Å². The topological polar surface area (TPSA) is 52.1 Å². The summed E-state index contributed by atoms with van der Waals surface area (Å²) in [4.78, 5) is 11.0. The fourth-order valence-electron chi connectivity index (χ4n) is 2.34. The summed E-state index contributed by atoms with van der Waals surface area (Å²) in [5.41, 5.74) is 3.93. The van der Waals surface area contributed by atoms with Gasteiger partial charge in [-0.25, -0.2) is 0 Å². The lowest BCUT2D eigenvalue weighted by Gasteiger charge is -2.09. The third-order valence-electron chi connectivity index (χ3n) is 3.59. The zero-order valence-corrected chi connectivity index (χ0v) is 14.3. The standard InChI is InChI=1S/C20H15ClN2O2/c1-14-2-4-15(5-3-14)18(12-13-24)16-6-8-17(9-7-16)25-20-11-10-19(21)22-23-20/h2-13H,1H3/b18-12-. The van der Waals surface area contributed by atoms with E-state index in [1.54, 1.807) is 18.2 Å². The first kappa shape index (κ1) is 16.9. The smallest absolute Gasteiger partial charge is 0.238 e. The highest BCUT2D eigenvalue weighted by molar-refractivity contribution is 6.29. The van der Waals surface area contributed by atoms with E-state index in [1.165, 1.54) is 5.56 Å². The highest BCUT2D eigenvalue weighted by Crippen LogP contribution is 2.27. The second kappa shape index (κ2) is 7.73. The Morgan fingerprint density at radius 2 is 1.56 bits per heavy atom. The molecule has 0 saturated carbocycles. The molecule has 0 atom stereocenters. The molecule has 0 aliphatic carbocycles. The zero-order chi connectivity index (χ0) is 17.6. The number of hydrogen-bond acceptors (Lipinski definition) is 4. The average molecular weight is 351 g/mol. The second-order valence-electron chi connectivity index (χ2n) is 5.40. The van der Waals surface area contributed by atoms with Gasteiger partial charge < -0.3 is 4.74 Å². The lowest BCUT2D eigenvalue weighted by Crippen LogP contribution is -1.92. The number of benzene rings is 2. The van der Waals surface area contributed by atoms with Crippen molar-refractivity contribution in [3.05, 3.63) is 88.6 Å². The number of hydrogen-bond donors (Lipinski definition) is 0. The number of aryl methyl sites for hydroxylation is 1. The predicted octanol–water partition coefficient (Wildman–Crippen LogP) is 4.86. The SMILES string of the molecule is Cc1ccc(/C(=C/C=O)c2ccc(Oc3ccc(Cl)nn3)cc2)cc1. The Hall–Kier alpha value is -2.98. The van der Waals surface area contributed by atoms with Crippen LogP contribution in [0.2, 0.25) is 5.15 Å². The normalized spacial score (nSPS) is 11.2. The van der Waals surface area contributed by atoms with Crippen molar-refractivity contribution in [3.8, 4) is 11.6 Å². The Morgan fingerprint density at radius 1 is 0.920 bits per heavy atom. The van der Waals surface area contributed by atoms with Gasteiger partial charge in [0.2, 0.25) is 5.88 Å². The molecule has 0 aliphatic heterocycles. The maximum absolute atomic E-state index is 11.0. The molecule has 0 amide bonds. The summed E-state index contributed by atoms with van der Waals surface area (Å²) >= 11 is 5.70. The molecule has 0 aliphatic rings. The Morgan fingerprint density at radius 3 is 2.12 bits per heavy atom. The fraction of sp³-hybridized carbons (Fsp3) is 0.0500. The molecule has 4 nitrogen and oxygen atoms in total. The molecule has 0 radical (unpaired) electrons. The van der Waals surface area contributed by atoms with Gasteiger partial charge in [-0.05, 0) is 47.9 Å². The van der Waals surface area contributed by atoms with Crippen LogP contribution in [0.3, 0.4) is 0 Å². The number of carbonyl (C=O) groups excluding carboxylic acids is 1. The molecule has 25 heavy (non-hydrogen) atoms. The average Bonchev–Trinajstić information content (AvgIpc) is 2.63. The molecule has 0 bridgehead atoms. The van der Waals surface area contributed by atoms with Crippen molar-refractivity contribution in [1.82, 2.24) is 10.2 Å². The molecule has 0 spiro atoms. The molecule has 0 saturated heterocycles. The van der Waals surface area contributed by atoms with Gasteiger partial charge in [0, 0.05) is 6.07 Å². The highest BCUT2D eigenvalue weighted by Gasteiger charge is 2.06. The highest BCUT2D eigenvalue weighted by atomic mass is 35.5. The van der Waals surface area contributed by atoms with Gasteiger partial charge in [0.05, 0.1) is 0 Å². The largest absolute Gasteiger partial charge is 0.438 e. The maximum Gasteiger partial charge on any atom is 0.238 e. The van der Waals surface area contributed by atoms with Crippen LogP contribution in [0, 0.1) is 6.92 Å². The van der Waals surface area contributed by atoms with Gasteiger partial charge in [0.25, 0.3) is 0 Å². The number of aromatic nitrogens is 2. The minimum atomic E-state index is 0.310. The van der Waals surface area contributed by atoms with Gasteiger partial charge in [-0.1, -0.05) is 53.6 Å². The Balaban J connectivity index is 1.84. The number of aldehydes is 1. The van der Waals surface area contributed by atoms with Crippen LogP contribution in [0.5, 0.6) is 11.6 Å².